The molecule has 0 radical (unpaired) electrons. The van der Waals surface area contributed by atoms with Crippen LogP contribution in [0.4, 0.5) is 4.79 Å². The summed E-state index contributed by atoms with van der Waals surface area (Å²) in [7, 11) is 0. The van der Waals surface area contributed by atoms with Crippen molar-refractivity contribution in [2.24, 2.45) is 11.8 Å². The third-order valence-electron chi connectivity index (χ3n) is 4.76. The Kier molecular flexibility index (Phi) is 5.93. The van der Waals surface area contributed by atoms with Crippen molar-refractivity contribution in [2.45, 2.75) is 77.9 Å². The van der Waals surface area contributed by atoms with E-state index in [1.54, 1.807) is 0 Å². The molecule has 2 fully saturated rings. The molecule has 1 N–H and O–H groups in total. The van der Waals surface area contributed by atoms with Gasteiger partial charge in [-0.15, -0.1) is 0 Å². The van der Waals surface area contributed by atoms with Crippen LogP contribution in [-0.4, -0.2) is 41.6 Å². The summed E-state index contributed by atoms with van der Waals surface area (Å²) in [6.45, 7) is 9.19. The SMILES string of the molecule is C[C@@H](C(=O)NCCC[C@H]1CCCN1C(=O)OC(C)(C)C)C1CC1. The molecule has 23 heavy (non-hydrogen) atoms. The second-order valence-electron chi connectivity index (χ2n) is 8.03. The Morgan fingerprint density at radius 3 is 2.57 bits per heavy atom. The fraction of sp³-hybridized carbons (Fsp3) is 0.889. The van der Waals surface area contributed by atoms with Crippen LogP contribution in [-0.2, 0) is 9.53 Å². The van der Waals surface area contributed by atoms with Crippen LogP contribution in [0.25, 0.3) is 0 Å². The van der Waals surface area contributed by atoms with E-state index in [-0.39, 0.29) is 24.0 Å². The Morgan fingerprint density at radius 1 is 1.26 bits per heavy atom. The summed E-state index contributed by atoms with van der Waals surface area (Å²) in [6, 6.07) is 0.252. The van der Waals surface area contributed by atoms with Crippen LogP contribution in [0.15, 0.2) is 0 Å². The second-order valence-corrected chi connectivity index (χ2v) is 8.03. The van der Waals surface area contributed by atoms with Gasteiger partial charge in [0.15, 0.2) is 0 Å². The van der Waals surface area contributed by atoms with Gasteiger partial charge in [0.1, 0.15) is 5.60 Å². The maximum Gasteiger partial charge on any atom is 0.410 e. The van der Waals surface area contributed by atoms with Crippen LogP contribution in [0, 0.1) is 11.8 Å². The summed E-state index contributed by atoms with van der Waals surface area (Å²) in [5.74, 6) is 0.940. The molecule has 2 aliphatic rings. The molecule has 5 nitrogen and oxygen atoms in total. The maximum atomic E-state index is 12.2. The molecule has 0 unspecified atom stereocenters. The molecule has 1 saturated carbocycles. The molecular formula is C18H32N2O3. The van der Waals surface area contributed by atoms with Crippen molar-refractivity contribution in [3.05, 3.63) is 0 Å². The van der Waals surface area contributed by atoms with Crippen molar-refractivity contribution in [1.29, 1.82) is 0 Å². The van der Waals surface area contributed by atoms with E-state index in [9.17, 15) is 9.59 Å². The Labute approximate surface area is 140 Å². The summed E-state index contributed by atoms with van der Waals surface area (Å²) in [4.78, 5) is 26.0. The van der Waals surface area contributed by atoms with E-state index in [2.05, 4.69) is 5.32 Å². The molecule has 0 aromatic heterocycles. The molecule has 0 aromatic carbocycles. The minimum absolute atomic E-state index is 0.153. The van der Waals surface area contributed by atoms with E-state index in [4.69, 9.17) is 4.74 Å². The number of nitrogens with one attached hydrogen (secondary N) is 1. The van der Waals surface area contributed by atoms with Crippen molar-refractivity contribution in [3.63, 3.8) is 0 Å². The Bertz CT molecular complexity index is 426. The van der Waals surface area contributed by atoms with E-state index < -0.39 is 5.60 Å². The van der Waals surface area contributed by atoms with Gasteiger partial charge in [0, 0.05) is 25.0 Å². The first kappa shape index (κ1) is 18.1. The first-order valence-corrected chi connectivity index (χ1v) is 9.05. The smallest absolute Gasteiger partial charge is 0.410 e. The number of rotatable bonds is 6. The van der Waals surface area contributed by atoms with Gasteiger partial charge < -0.3 is 15.0 Å². The number of hydrogen-bond donors (Lipinski definition) is 1. The third-order valence-corrected chi connectivity index (χ3v) is 4.76. The van der Waals surface area contributed by atoms with Crippen molar-refractivity contribution in [3.8, 4) is 0 Å². The number of hydrogen-bond acceptors (Lipinski definition) is 3. The highest BCUT2D eigenvalue weighted by Crippen LogP contribution is 2.36. The number of ether oxygens (including phenoxy) is 1. The van der Waals surface area contributed by atoms with Crippen LogP contribution in [0.2, 0.25) is 0 Å². The first-order valence-electron chi connectivity index (χ1n) is 9.05. The summed E-state index contributed by atoms with van der Waals surface area (Å²) in [6.07, 6.45) is 6.10. The van der Waals surface area contributed by atoms with Crippen LogP contribution in [0.1, 0.15) is 66.2 Å². The summed E-state index contributed by atoms with van der Waals surface area (Å²) < 4.78 is 5.48. The molecular weight excluding hydrogens is 292 g/mol. The number of nitrogens with zero attached hydrogens (tertiary/aromatic N) is 1. The molecule has 2 rings (SSSR count). The van der Waals surface area contributed by atoms with Crippen molar-refractivity contribution in [1.82, 2.24) is 10.2 Å². The van der Waals surface area contributed by atoms with E-state index in [1.165, 1.54) is 12.8 Å². The number of carbonyl (C=O) groups is 2. The molecule has 2 amide bonds. The molecule has 132 valence electrons. The van der Waals surface area contributed by atoms with Gasteiger partial charge in [-0.05, 0) is 65.2 Å². The van der Waals surface area contributed by atoms with Gasteiger partial charge in [0.05, 0.1) is 0 Å². The molecule has 0 spiro atoms. The van der Waals surface area contributed by atoms with Crippen molar-refractivity contribution < 1.29 is 14.3 Å². The lowest BCUT2D eigenvalue weighted by atomic mass is 10.1. The maximum absolute atomic E-state index is 12.2. The van der Waals surface area contributed by atoms with Gasteiger partial charge in [-0.2, -0.15) is 0 Å². The molecule has 1 saturated heterocycles. The van der Waals surface area contributed by atoms with Crippen molar-refractivity contribution in [2.75, 3.05) is 13.1 Å². The summed E-state index contributed by atoms with van der Waals surface area (Å²) in [5, 5.41) is 3.04. The van der Waals surface area contributed by atoms with Crippen LogP contribution < -0.4 is 5.32 Å². The van der Waals surface area contributed by atoms with Crippen LogP contribution >= 0.6 is 0 Å². The van der Waals surface area contributed by atoms with Gasteiger partial charge in [-0.25, -0.2) is 4.79 Å². The number of carbonyl (C=O) groups excluding carboxylic acids is 2. The molecule has 0 aromatic rings. The highest BCUT2D eigenvalue weighted by atomic mass is 16.6. The normalized spacial score (nSPS) is 22.8. The third kappa shape index (κ3) is 5.70. The highest BCUT2D eigenvalue weighted by molar-refractivity contribution is 5.78. The minimum Gasteiger partial charge on any atom is -0.444 e. The highest BCUT2D eigenvalue weighted by Gasteiger charge is 2.33. The Morgan fingerprint density at radius 2 is 1.96 bits per heavy atom. The summed E-state index contributed by atoms with van der Waals surface area (Å²) in [5.41, 5.74) is -0.447. The molecule has 2 atom stereocenters. The van der Waals surface area contributed by atoms with Crippen molar-refractivity contribution >= 4 is 12.0 Å². The van der Waals surface area contributed by atoms with Gasteiger partial charge in [0.25, 0.3) is 0 Å². The zero-order valence-electron chi connectivity index (χ0n) is 15.1. The van der Waals surface area contributed by atoms with Crippen LogP contribution in [0.3, 0.4) is 0 Å². The number of amides is 2. The largest absolute Gasteiger partial charge is 0.444 e. The van der Waals surface area contributed by atoms with E-state index in [0.717, 1.165) is 32.2 Å². The average Bonchev–Trinajstić information content (AvgIpc) is 3.19. The van der Waals surface area contributed by atoms with Gasteiger partial charge in [-0.1, -0.05) is 6.92 Å². The molecule has 1 aliphatic heterocycles. The Hall–Kier alpha value is -1.26. The lowest BCUT2D eigenvalue weighted by Gasteiger charge is -2.28. The summed E-state index contributed by atoms with van der Waals surface area (Å²) >= 11 is 0. The lowest BCUT2D eigenvalue weighted by molar-refractivity contribution is -0.125. The van der Waals surface area contributed by atoms with Gasteiger partial charge in [0.2, 0.25) is 5.91 Å². The molecule has 1 heterocycles. The topological polar surface area (TPSA) is 58.6 Å². The van der Waals surface area contributed by atoms with Gasteiger partial charge >= 0.3 is 6.09 Å². The fourth-order valence-electron chi connectivity index (χ4n) is 3.22. The fourth-order valence-corrected chi connectivity index (χ4v) is 3.22. The van der Waals surface area contributed by atoms with Crippen LogP contribution in [0.5, 0.6) is 0 Å². The van der Waals surface area contributed by atoms with Gasteiger partial charge in [-0.3, -0.25) is 4.79 Å². The zero-order valence-corrected chi connectivity index (χ0v) is 15.1. The molecule has 5 heteroatoms. The molecule has 1 aliphatic carbocycles. The second kappa shape index (κ2) is 7.54. The van der Waals surface area contributed by atoms with E-state index in [1.807, 2.05) is 32.6 Å². The quantitative estimate of drug-likeness (QED) is 0.762. The predicted molar refractivity (Wildman–Crippen MR) is 90.1 cm³/mol. The monoisotopic (exact) mass is 324 g/mol. The zero-order chi connectivity index (χ0) is 17.0. The lowest BCUT2D eigenvalue weighted by Crippen LogP contribution is -2.40. The predicted octanol–water partition coefficient (Wildman–Crippen LogP) is 3.33. The first-order chi connectivity index (χ1) is 10.8. The average molecular weight is 324 g/mol. The Balaban J connectivity index is 1.67. The number of likely N-dealkylation sites (tertiary alicyclic amines) is 1. The van der Waals surface area contributed by atoms with E-state index >= 15 is 0 Å². The molecule has 0 bridgehead atoms. The minimum atomic E-state index is -0.447. The van der Waals surface area contributed by atoms with E-state index in [0.29, 0.717) is 12.5 Å². The standard InChI is InChI=1S/C18H32N2O3/c1-13(14-9-10-14)16(21)19-11-5-7-15-8-6-12-20(15)17(22)23-18(2,3)4/h13-15H,5-12H2,1-4H3,(H,19,21)/t13-,15+/m1/s1.